The van der Waals surface area contributed by atoms with Crippen LogP contribution in [0.4, 0.5) is 20.2 Å². The fourth-order valence-electron chi connectivity index (χ4n) is 5.17. The Morgan fingerprint density at radius 2 is 1.58 bits per heavy atom. The number of likely N-dealkylation sites (N-methyl/N-ethyl adjacent to an activating group) is 1. The molecule has 1 saturated heterocycles. The van der Waals surface area contributed by atoms with E-state index in [-0.39, 0.29) is 17.0 Å². The molecule has 5 rings (SSSR count). The molecule has 4 aromatic rings. The summed E-state index contributed by atoms with van der Waals surface area (Å²) in [7, 11) is 4.87. The fraction of sp³-hybridized carbons (Fsp3) is 0.294. The number of hydrogen-bond donors (Lipinski definition) is 1. The second kappa shape index (κ2) is 13.9. The second-order valence-corrected chi connectivity index (χ2v) is 10.8. The molecule has 3 aromatic carbocycles. The summed E-state index contributed by atoms with van der Waals surface area (Å²) in [6.07, 6.45) is 0. The Balaban J connectivity index is 1.58. The van der Waals surface area contributed by atoms with Crippen LogP contribution < -0.4 is 25.0 Å². The van der Waals surface area contributed by atoms with E-state index in [1.807, 2.05) is 51.4 Å². The minimum absolute atomic E-state index is 0.000503. The van der Waals surface area contributed by atoms with Gasteiger partial charge in [0.2, 0.25) is 11.6 Å². The highest BCUT2D eigenvalue weighted by atomic mass is 19.1. The molecule has 2 N–H and O–H groups in total. The number of hydrogen-bond acceptors (Lipinski definition) is 9. The summed E-state index contributed by atoms with van der Waals surface area (Å²) in [5.74, 6) is -3.33. The first-order valence-electron chi connectivity index (χ1n) is 14.7. The minimum Gasteiger partial charge on any atom is -0.465 e. The lowest BCUT2D eigenvalue weighted by molar-refractivity contribution is 0.0597. The zero-order valence-electron chi connectivity index (χ0n) is 25.8. The molecule has 1 aliphatic heterocycles. The van der Waals surface area contributed by atoms with Gasteiger partial charge in [-0.25, -0.2) is 4.79 Å². The first kappa shape index (κ1) is 31.7. The quantitative estimate of drug-likeness (QED) is 0.213. The summed E-state index contributed by atoms with van der Waals surface area (Å²) in [5.41, 5.74) is 8.95. The Kier molecular flexibility index (Phi) is 9.80. The zero-order valence-corrected chi connectivity index (χ0v) is 25.8. The topological polar surface area (TPSA) is 93.4 Å². The number of methoxy groups -OCH3 is 1. The molecule has 45 heavy (non-hydrogen) atoms. The number of halogens is 2. The molecule has 0 spiro atoms. The number of benzene rings is 3. The highest BCUT2D eigenvalue weighted by Gasteiger charge is 2.30. The monoisotopic (exact) mass is 617 g/mol. The molecule has 2 heterocycles. The third-order valence-electron chi connectivity index (χ3n) is 7.77. The lowest BCUT2D eigenvalue weighted by atomic mass is 10.0. The van der Waals surface area contributed by atoms with E-state index in [1.165, 1.54) is 13.2 Å². The summed E-state index contributed by atoms with van der Waals surface area (Å²) < 4.78 is 49.4. The molecule has 0 saturated carbocycles. The van der Waals surface area contributed by atoms with Gasteiger partial charge in [-0.15, -0.1) is 0 Å². The van der Waals surface area contributed by atoms with Gasteiger partial charge < -0.3 is 34.6 Å². The van der Waals surface area contributed by atoms with E-state index in [4.69, 9.17) is 19.9 Å². The maximum absolute atomic E-state index is 16.3. The van der Waals surface area contributed by atoms with Crippen molar-refractivity contribution in [3.63, 3.8) is 0 Å². The number of nitrogens with two attached hydrogens (primary N) is 1. The molecule has 0 amide bonds. The van der Waals surface area contributed by atoms with Crippen LogP contribution in [0.15, 0.2) is 66.7 Å². The summed E-state index contributed by atoms with van der Waals surface area (Å²) in [4.78, 5) is 22.4. The highest BCUT2D eigenvalue weighted by molar-refractivity contribution is 5.93. The van der Waals surface area contributed by atoms with Crippen molar-refractivity contribution in [2.75, 3.05) is 63.7 Å². The highest BCUT2D eigenvalue weighted by Crippen LogP contribution is 2.40. The van der Waals surface area contributed by atoms with Crippen LogP contribution >= 0.6 is 0 Å². The van der Waals surface area contributed by atoms with Crippen LogP contribution in [-0.2, 0) is 11.3 Å². The van der Waals surface area contributed by atoms with E-state index in [2.05, 4.69) is 9.88 Å². The van der Waals surface area contributed by atoms with Gasteiger partial charge in [-0.05, 0) is 53.6 Å². The largest absolute Gasteiger partial charge is 0.465 e. The molecule has 0 atom stereocenters. The van der Waals surface area contributed by atoms with E-state index in [0.29, 0.717) is 44.2 Å². The first-order chi connectivity index (χ1) is 21.7. The number of ether oxygens (including phenoxy) is 3. The SMILES string of the molecule is CCN1CCN(c2c(F)c(Oc3cccc(-c4cccc(CN)c4)c3)nc(Oc3cc(N(C)C)ccc3C(=O)OC)c2F)CC1. The molecular formula is C34H37F2N5O4. The Morgan fingerprint density at radius 1 is 0.911 bits per heavy atom. The lowest BCUT2D eigenvalue weighted by Crippen LogP contribution is -2.46. The molecule has 236 valence electrons. The Morgan fingerprint density at radius 3 is 2.22 bits per heavy atom. The van der Waals surface area contributed by atoms with E-state index in [0.717, 1.165) is 23.2 Å². The van der Waals surface area contributed by atoms with Crippen LogP contribution in [0, 0.1) is 11.6 Å². The van der Waals surface area contributed by atoms with Gasteiger partial charge in [0.05, 0.1) is 7.11 Å². The van der Waals surface area contributed by atoms with Crippen molar-refractivity contribution >= 4 is 17.3 Å². The lowest BCUT2D eigenvalue weighted by Gasteiger charge is -2.35. The van der Waals surface area contributed by atoms with Crippen molar-refractivity contribution in [2.24, 2.45) is 5.73 Å². The van der Waals surface area contributed by atoms with Crippen molar-refractivity contribution in [3.05, 3.63) is 89.5 Å². The number of carbonyl (C=O) groups is 1. The number of rotatable bonds is 10. The molecule has 1 aromatic heterocycles. The van der Waals surface area contributed by atoms with E-state index >= 15 is 8.78 Å². The summed E-state index contributed by atoms with van der Waals surface area (Å²) in [6, 6.07) is 19.6. The summed E-state index contributed by atoms with van der Waals surface area (Å²) in [6.45, 7) is 5.31. The molecule has 0 radical (unpaired) electrons. The van der Waals surface area contributed by atoms with Gasteiger partial charge in [-0.1, -0.05) is 37.3 Å². The van der Waals surface area contributed by atoms with Crippen LogP contribution in [0.3, 0.4) is 0 Å². The number of piperazine rings is 1. The Bertz CT molecular complexity index is 1670. The van der Waals surface area contributed by atoms with Gasteiger partial charge in [0.1, 0.15) is 22.7 Å². The molecule has 0 bridgehead atoms. The number of pyridine rings is 1. The normalized spacial score (nSPS) is 13.4. The molecule has 1 aliphatic rings. The molecule has 9 nitrogen and oxygen atoms in total. The fourth-order valence-corrected chi connectivity index (χ4v) is 5.17. The van der Waals surface area contributed by atoms with Gasteiger partial charge >= 0.3 is 5.97 Å². The number of carbonyl (C=O) groups excluding carboxylic acids is 1. The van der Waals surface area contributed by atoms with Gasteiger partial charge in [0.25, 0.3) is 11.8 Å². The van der Waals surface area contributed by atoms with E-state index in [1.54, 1.807) is 40.1 Å². The maximum Gasteiger partial charge on any atom is 0.341 e. The number of esters is 1. The molecule has 1 fully saturated rings. The predicted octanol–water partition coefficient (Wildman–Crippen LogP) is 6.06. The van der Waals surface area contributed by atoms with Gasteiger partial charge in [0.15, 0.2) is 0 Å². The van der Waals surface area contributed by atoms with Crippen LogP contribution in [0.5, 0.6) is 23.3 Å². The molecule has 0 unspecified atom stereocenters. The number of nitrogens with zero attached hydrogens (tertiary/aromatic N) is 4. The minimum atomic E-state index is -0.997. The molecule has 11 heteroatoms. The molecular weight excluding hydrogens is 580 g/mol. The summed E-state index contributed by atoms with van der Waals surface area (Å²) >= 11 is 0. The third-order valence-corrected chi connectivity index (χ3v) is 7.77. The van der Waals surface area contributed by atoms with Gasteiger partial charge in [-0.2, -0.15) is 13.8 Å². The van der Waals surface area contributed by atoms with Crippen LogP contribution in [-0.4, -0.2) is 69.8 Å². The Labute approximate surface area is 261 Å². The number of anilines is 2. The average molecular weight is 618 g/mol. The zero-order chi connectivity index (χ0) is 32.1. The van der Waals surface area contributed by atoms with Crippen LogP contribution in [0.25, 0.3) is 11.1 Å². The smallest absolute Gasteiger partial charge is 0.341 e. The number of aromatic nitrogens is 1. The predicted molar refractivity (Wildman–Crippen MR) is 171 cm³/mol. The first-order valence-corrected chi connectivity index (χ1v) is 14.7. The van der Waals surface area contributed by atoms with Crippen molar-refractivity contribution < 1.29 is 27.8 Å². The Hall–Kier alpha value is -4.74. The van der Waals surface area contributed by atoms with Crippen molar-refractivity contribution in [2.45, 2.75) is 13.5 Å². The van der Waals surface area contributed by atoms with Gasteiger partial charge in [-0.3, -0.25) is 0 Å². The molecule has 0 aliphatic carbocycles. The second-order valence-electron chi connectivity index (χ2n) is 10.8. The van der Waals surface area contributed by atoms with Gasteiger partial charge in [0, 0.05) is 58.6 Å². The van der Waals surface area contributed by atoms with Crippen LogP contribution in [0.1, 0.15) is 22.8 Å². The summed E-state index contributed by atoms with van der Waals surface area (Å²) in [5, 5.41) is 0. The van der Waals surface area contributed by atoms with Crippen molar-refractivity contribution in [1.82, 2.24) is 9.88 Å². The van der Waals surface area contributed by atoms with Crippen molar-refractivity contribution in [3.8, 4) is 34.4 Å². The van der Waals surface area contributed by atoms with E-state index in [9.17, 15) is 4.79 Å². The average Bonchev–Trinajstić information content (AvgIpc) is 3.07. The maximum atomic E-state index is 16.3. The van der Waals surface area contributed by atoms with Crippen LogP contribution in [0.2, 0.25) is 0 Å². The third kappa shape index (κ3) is 7.00. The standard InChI is InChI=1S/C34H37F2N5O4/c1-5-40-14-16-41(17-15-40)31-29(35)32(44-26-11-7-10-24(19-26)23-9-6-8-22(18-23)21-37)38-33(30(31)36)45-28-20-25(39(2)3)12-13-27(28)34(42)43-4/h6-13,18-20H,5,14-17,21,37H2,1-4H3. The van der Waals surface area contributed by atoms with Crippen molar-refractivity contribution in [1.29, 1.82) is 0 Å². The van der Waals surface area contributed by atoms with E-state index < -0.39 is 29.4 Å².